The number of hydrogen-bond donors (Lipinski definition) is 4. The Morgan fingerprint density at radius 3 is 2.67 bits per heavy atom. The van der Waals surface area contributed by atoms with E-state index in [-0.39, 0.29) is 10.4 Å². The molecule has 0 unspecified atom stereocenters. The molecule has 9 heteroatoms. The third-order valence-electron chi connectivity index (χ3n) is 2.70. The van der Waals surface area contributed by atoms with Crippen LogP contribution in [0, 0.1) is 0 Å². The Morgan fingerprint density at radius 1 is 1.50 bits per heavy atom. The van der Waals surface area contributed by atoms with Crippen LogP contribution in [-0.2, 0) is 4.74 Å². The van der Waals surface area contributed by atoms with E-state index in [1.807, 2.05) is 0 Å². The summed E-state index contributed by atoms with van der Waals surface area (Å²) in [4.78, 5) is 15.2. The fraction of sp³-hybridized carbons (Fsp3) is 0.556. The highest BCUT2D eigenvalue weighted by atomic mass is 79.9. The Hall–Kier alpha value is -1.00. The van der Waals surface area contributed by atoms with E-state index in [0.717, 1.165) is 4.57 Å². The molecule has 18 heavy (non-hydrogen) atoms. The van der Waals surface area contributed by atoms with Crippen LogP contribution < -0.4 is 11.4 Å². The van der Waals surface area contributed by atoms with Crippen molar-refractivity contribution in [2.75, 3.05) is 12.3 Å². The van der Waals surface area contributed by atoms with Crippen LogP contribution in [0.1, 0.15) is 6.23 Å². The predicted octanol–water partition coefficient (Wildman–Crippen LogP) is -1.80. The molecule has 1 aromatic heterocycles. The molecule has 1 aromatic rings. The zero-order valence-electron chi connectivity index (χ0n) is 9.10. The van der Waals surface area contributed by atoms with Crippen molar-refractivity contribution in [3.05, 3.63) is 21.2 Å². The average Bonchev–Trinajstić information content (AvgIpc) is 2.56. The van der Waals surface area contributed by atoms with Gasteiger partial charge in [-0.3, -0.25) is 4.57 Å². The van der Waals surface area contributed by atoms with Crippen LogP contribution >= 0.6 is 15.9 Å². The van der Waals surface area contributed by atoms with Gasteiger partial charge in [-0.25, -0.2) is 4.79 Å². The maximum Gasteiger partial charge on any atom is 0.352 e. The second-order valence-electron chi connectivity index (χ2n) is 3.89. The molecule has 0 bridgehead atoms. The second kappa shape index (κ2) is 4.94. The maximum atomic E-state index is 11.7. The average molecular weight is 322 g/mol. The highest BCUT2D eigenvalue weighted by Crippen LogP contribution is 2.30. The molecule has 5 N–H and O–H groups in total. The molecule has 4 atom stereocenters. The summed E-state index contributed by atoms with van der Waals surface area (Å²) in [6.07, 6.45) is -4.72. The Kier molecular flexibility index (Phi) is 3.69. The quantitative estimate of drug-likeness (QED) is 0.473. The van der Waals surface area contributed by atoms with E-state index in [1.165, 1.54) is 6.07 Å². The van der Waals surface area contributed by atoms with Gasteiger partial charge in [-0.1, -0.05) is 0 Å². The van der Waals surface area contributed by atoms with Crippen LogP contribution in [0.25, 0.3) is 0 Å². The first-order valence-electron chi connectivity index (χ1n) is 5.12. The molecular formula is C9H12BrN3O5. The van der Waals surface area contributed by atoms with Gasteiger partial charge in [0.25, 0.3) is 0 Å². The van der Waals surface area contributed by atoms with Crippen molar-refractivity contribution in [1.29, 1.82) is 0 Å². The number of nitrogen functional groups attached to an aromatic ring is 1. The Bertz CT molecular complexity index is 507. The van der Waals surface area contributed by atoms with Gasteiger partial charge in [0, 0.05) is 6.07 Å². The van der Waals surface area contributed by atoms with Crippen molar-refractivity contribution in [3.63, 3.8) is 0 Å². The lowest BCUT2D eigenvalue weighted by Crippen LogP contribution is -2.36. The number of hydrogen-bond acceptors (Lipinski definition) is 7. The molecule has 0 aliphatic carbocycles. The fourth-order valence-corrected chi connectivity index (χ4v) is 2.39. The molecule has 100 valence electrons. The molecular weight excluding hydrogens is 310 g/mol. The minimum Gasteiger partial charge on any atom is -0.394 e. The van der Waals surface area contributed by atoms with E-state index in [0.29, 0.717) is 0 Å². The van der Waals surface area contributed by atoms with Crippen molar-refractivity contribution in [2.45, 2.75) is 24.5 Å². The molecule has 1 aliphatic rings. The first-order valence-corrected chi connectivity index (χ1v) is 5.92. The van der Waals surface area contributed by atoms with E-state index in [4.69, 9.17) is 15.6 Å². The van der Waals surface area contributed by atoms with Crippen LogP contribution in [0.5, 0.6) is 0 Å². The van der Waals surface area contributed by atoms with Gasteiger partial charge >= 0.3 is 5.69 Å². The van der Waals surface area contributed by atoms with Crippen LogP contribution in [0.15, 0.2) is 15.5 Å². The summed E-state index contributed by atoms with van der Waals surface area (Å²) in [7, 11) is 0. The number of nitrogens with two attached hydrogens (primary N) is 1. The summed E-state index contributed by atoms with van der Waals surface area (Å²) < 4.78 is 6.50. The molecule has 0 saturated carbocycles. The van der Waals surface area contributed by atoms with Crippen LogP contribution in [0.3, 0.4) is 0 Å². The van der Waals surface area contributed by atoms with Crippen molar-refractivity contribution < 1.29 is 20.1 Å². The Balaban J connectivity index is 2.42. The summed E-state index contributed by atoms with van der Waals surface area (Å²) in [5.41, 5.74) is 4.67. The number of rotatable bonds is 2. The van der Waals surface area contributed by atoms with E-state index in [9.17, 15) is 15.0 Å². The smallest absolute Gasteiger partial charge is 0.352 e. The molecule has 0 aromatic carbocycles. The third-order valence-corrected chi connectivity index (χ3v) is 3.31. The predicted molar refractivity (Wildman–Crippen MR) is 63.6 cm³/mol. The van der Waals surface area contributed by atoms with Crippen LogP contribution in [0.2, 0.25) is 0 Å². The zero-order valence-corrected chi connectivity index (χ0v) is 10.7. The number of aromatic nitrogens is 2. The van der Waals surface area contributed by atoms with E-state index in [1.54, 1.807) is 0 Å². The molecule has 2 rings (SSSR count). The third kappa shape index (κ3) is 2.15. The maximum absolute atomic E-state index is 11.7. The number of aliphatic hydroxyl groups excluding tert-OH is 3. The minimum atomic E-state index is -1.35. The van der Waals surface area contributed by atoms with E-state index < -0.39 is 36.8 Å². The normalized spacial score (nSPS) is 31.8. The zero-order chi connectivity index (χ0) is 13.4. The van der Waals surface area contributed by atoms with Gasteiger partial charge in [-0.2, -0.15) is 4.98 Å². The SMILES string of the molecule is Nc1cc(Br)n([C@@H]2O[C@H](CO)[C@@H](O)[C@H]2O)c(=O)n1. The van der Waals surface area contributed by atoms with Crippen molar-refractivity contribution in [1.82, 2.24) is 9.55 Å². The molecule has 8 nitrogen and oxygen atoms in total. The minimum absolute atomic E-state index is 0.0230. The first-order chi connectivity index (χ1) is 8.45. The lowest BCUT2D eigenvalue weighted by Gasteiger charge is -2.18. The molecule has 0 spiro atoms. The topological polar surface area (TPSA) is 131 Å². The number of nitrogens with zero attached hydrogens (tertiary/aromatic N) is 2. The summed E-state index contributed by atoms with van der Waals surface area (Å²) in [6.45, 7) is -0.469. The van der Waals surface area contributed by atoms with Gasteiger partial charge in [-0.15, -0.1) is 0 Å². The standard InChI is InChI=1S/C9H12BrN3O5/c10-4-1-5(11)12-9(17)13(4)8-7(16)6(15)3(2-14)18-8/h1,3,6-8,14-16H,2H2,(H2,11,12,17)/t3-,6-,7-,8-/m1/s1. The van der Waals surface area contributed by atoms with E-state index >= 15 is 0 Å². The van der Waals surface area contributed by atoms with Gasteiger partial charge in [0.15, 0.2) is 6.23 Å². The largest absolute Gasteiger partial charge is 0.394 e. The van der Waals surface area contributed by atoms with Crippen molar-refractivity contribution in [2.24, 2.45) is 0 Å². The van der Waals surface area contributed by atoms with Gasteiger partial charge in [0.2, 0.25) is 0 Å². The first kappa shape index (κ1) is 13.4. The molecule has 0 amide bonds. The van der Waals surface area contributed by atoms with Gasteiger partial charge in [0.1, 0.15) is 24.1 Å². The fourth-order valence-electron chi connectivity index (χ4n) is 1.80. The molecule has 0 radical (unpaired) electrons. The lowest BCUT2D eigenvalue weighted by atomic mass is 10.1. The highest BCUT2D eigenvalue weighted by Gasteiger charge is 2.44. The van der Waals surface area contributed by atoms with Crippen molar-refractivity contribution >= 4 is 21.7 Å². The Morgan fingerprint density at radius 2 is 2.17 bits per heavy atom. The van der Waals surface area contributed by atoms with E-state index in [2.05, 4.69) is 20.9 Å². The summed E-state index contributed by atoms with van der Waals surface area (Å²) in [5, 5.41) is 28.4. The monoisotopic (exact) mass is 321 g/mol. The summed E-state index contributed by atoms with van der Waals surface area (Å²) in [6, 6.07) is 1.37. The highest BCUT2D eigenvalue weighted by molar-refractivity contribution is 9.10. The lowest BCUT2D eigenvalue weighted by molar-refractivity contribution is -0.0560. The molecule has 1 saturated heterocycles. The number of aliphatic hydroxyl groups is 3. The van der Waals surface area contributed by atoms with Crippen LogP contribution in [-0.4, -0.2) is 49.8 Å². The molecule has 1 aliphatic heterocycles. The van der Waals surface area contributed by atoms with Gasteiger partial charge < -0.3 is 25.8 Å². The Labute approximate surface area is 110 Å². The molecule has 2 heterocycles. The summed E-state index contributed by atoms with van der Waals surface area (Å²) >= 11 is 3.10. The summed E-state index contributed by atoms with van der Waals surface area (Å²) in [5.74, 6) is 0.0230. The van der Waals surface area contributed by atoms with Crippen molar-refractivity contribution in [3.8, 4) is 0 Å². The van der Waals surface area contributed by atoms with Gasteiger partial charge in [0.05, 0.1) is 11.2 Å². The number of halogens is 1. The second-order valence-corrected chi connectivity index (χ2v) is 4.70. The van der Waals surface area contributed by atoms with Gasteiger partial charge in [-0.05, 0) is 15.9 Å². The number of ether oxygens (including phenoxy) is 1. The molecule has 1 fully saturated rings. The van der Waals surface area contributed by atoms with Crippen LogP contribution in [0.4, 0.5) is 5.82 Å². The number of anilines is 1.